The number of carbonyl (C=O) groups is 1. The van der Waals surface area contributed by atoms with Gasteiger partial charge in [-0.2, -0.15) is 13.2 Å². The van der Waals surface area contributed by atoms with Crippen LogP contribution in [0.3, 0.4) is 0 Å². The van der Waals surface area contributed by atoms with Crippen LogP contribution in [0.15, 0.2) is 53.5 Å². The molecule has 1 heterocycles. The average molecular weight is 362 g/mol. The number of aromatic nitrogens is 1. The summed E-state index contributed by atoms with van der Waals surface area (Å²) in [5.41, 5.74) is -0.0293. The van der Waals surface area contributed by atoms with Gasteiger partial charge in [-0.15, -0.1) is 0 Å². The normalized spacial score (nSPS) is 11.5. The SMILES string of the molecule is O=C(O)c1c[nH]c2ccc(NCc3ccc(C(F)(F)F)cc3)cc2c1=O. The van der Waals surface area contributed by atoms with Gasteiger partial charge in [0, 0.05) is 29.3 Å². The number of alkyl halides is 3. The van der Waals surface area contributed by atoms with Gasteiger partial charge in [0.05, 0.1) is 5.56 Å². The van der Waals surface area contributed by atoms with Gasteiger partial charge in [-0.1, -0.05) is 12.1 Å². The molecular weight excluding hydrogens is 349 g/mol. The van der Waals surface area contributed by atoms with Crippen LogP contribution in [0.5, 0.6) is 0 Å². The molecule has 0 aliphatic rings. The van der Waals surface area contributed by atoms with Gasteiger partial charge in [0.25, 0.3) is 0 Å². The molecule has 0 spiro atoms. The van der Waals surface area contributed by atoms with Crippen LogP contribution in [0.4, 0.5) is 18.9 Å². The van der Waals surface area contributed by atoms with Crippen molar-refractivity contribution in [2.24, 2.45) is 0 Å². The van der Waals surface area contributed by atoms with Crippen LogP contribution < -0.4 is 10.7 Å². The van der Waals surface area contributed by atoms with Crippen LogP contribution in [0, 0.1) is 0 Å². The van der Waals surface area contributed by atoms with Crippen LogP contribution in [0.2, 0.25) is 0 Å². The second kappa shape index (κ2) is 6.55. The summed E-state index contributed by atoms with van der Waals surface area (Å²) in [6.07, 6.45) is -3.24. The number of H-pyrrole nitrogens is 1. The largest absolute Gasteiger partial charge is 0.477 e. The fourth-order valence-electron chi connectivity index (χ4n) is 2.50. The minimum atomic E-state index is -4.38. The highest BCUT2D eigenvalue weighted by Gasteiger charge is 2.29. The molecule has 0 fully saturated rings. The van der Waals surface area contributed by atoms with Gasteiger partial charge in [-0.3, -0.25) is 4.79 Å². The molecule has 8 heteroatoms. The molecule has 0 saturated heterocycles. The van der Waals surface area contributed by atoms with Crippen molar-refractivity contribution in [2.75, 3.05) is 5.32 Å². The Balaban J connectivity index is 1.82. The number of halogens is 3. The van der Waals surface area contributed by atoms with E-state index in [1.54, 1.807) is 12.1 Å². The molecule has 3 N–H and O–H groups in total. The summed E-state index contributed by atoms with van der Waals surface area (Å²) in [6.45, 7) is 0.250. The molecule has 0 bridgehead atoms. The molecule has 3 aromatic rings. The molecule has 0 saturated carbocycles. The van der Waals surface area contributed by atoms with E-state index in [9.17, 15) is 22.8 Å². The first-order valence-electron chi connectivity index (χ1n) is 7.54. The lowest BCUT2D eigenvalue weighted by Crippen LogP contribution is -2.15. The molecule has 5 nitrogen and oxygen atoms in total. The number of hydrogen-bond acceptors (Lipinski definition) is 3. The lowest BCUT2D eigenvalue weighted by molar-refractivity contribution is -0.137. The third kappa shape index (κ3) is 3.53. The zero-order chi connectivity index (χ0) is 18.9. The van der Waals surface area contributed by atoms with Gasteiger partial charge in [0.15, 0.2) is 0 Å². The highest BCUT2D eigenvalue weighted by molar-refractivity contribution is 5.93. The maximum absolute atomic E-state index is 12.6. The number of fused-ring (bicyclic) bond motifs is 1. The topological polar surface area (TPSA) is 82.2 Å². The molecule has 134 valence electrons. The lowest BCUT2D eigenvalue weighted by atomic mass is 10.1. The number of benzene rings is 2. The first-order chi connectivity index (χ1) is 12.3. The van der Waals surface area contributed by atoms with E-state index in [1.807, 2.05) is 0 Å². The van der Waals surface area contributed by atoms with E-state index in [2.05, 4.69) is 10.3 Å². The number of pyridine rings is 1. The fraction of sp³-hybridized carbons (Fsp3) is 0.111. The van der Waals surface area contributed by atoms with E-state index in [1.165, 1.54) is 18.2 Å². The monoisotopic (exact) mass is 362 g/mol. The standard InChI is InChI=1S/C18H13F3N2O3/c19-18(20,21)11-3-1-10(2-4-11)8-22-12-5-6-15-13(7-12)16(24)14(9-23-15)17(25)26/h1-7,9,22H,8H2,(H,23,24)(H,25,26). The first kappa shape index (κ1) is 17.5. The van der Waals surface area contributed by atoms with Gasteiger partial charge < -0.3 is 15.4 Å². The lowest BCUT2D eigenvalue weighted by Gasteiger charge is -2.10. The summed E-state index contributed by atoms with van der Waals surface area (Å²) >= 11 is 0. The van der Waals surface area contributed by atoms with Gasteiger partial charge in [-0.05, 0) is 35.9 Å². The summed E-state index contributed by atoms with van der Waals surface area (Å²) in [4.78, 5) is 26.0. The van der Waals surface area contributed by atoms with Gasteiger partial charge in [0.1, 0.15) is 5.56 Å². The molecule has 2 aromatic carbocycles. The number of anilines is 1. The van der Waals surface area contributed by atoms with Crippen molar-refractivity contribution in [2.45, 2.75) is 12.7 Å². The first-order valence-corrected chi connectivity index (χ1v) is 7.54. The van der Waals surface area contributed by atoms with Crippen LogP contribution in [0.1, 0.15) is 21.5 Å². The van der Waals surface area contributed by atoms with Crippen LogP contribution >= 0.6 is 0 Å². The quantitative estimate of drug-likeness (QED) is 0.658. The summed E-state index contributed by atoms with van der Waals surface area (Å²) in [5.74, 6) is -1.32. The predicted molar refractivity (Wildman–Crippen MR) is 90.3 cm³/mol. The average Bonchev–Trinajstić information content (AvgIpc) is 2.60. The number of rotatable bonds is 4. The van der Waals surface area contributed by atoms with Crippen molar-refractivity contribution in [3.05, 3.63) is 75.6 Å². The number of aromatic amines is 1. The highest BCUT2D eigenvalue weighted by Crippen LogP contribution is 2.29. The Bertz CT molecular complexity index is 1020. The van der Waals surface area contributed by atoms with E-state index >= 15 is 0 Å². The Morgan fingerprint density at radius 1 is 1.12 bits per heavy atom. The molecule has 0 aliphatic carbocycles. The zero-order valence-corrected chi connectivity index (χ0v) is 13.2. The number of aromatic carboxylic acids is 1. The Kier molecular flexibility index (Phi) is 4.41. The Hall–Kier alpha value is -3.29. The van der Waals surface area contributed by atoms with Crippen molar-refractivity contribution in [1.82, 2.24) is 4.98 Å². The minimum absolute atomic E-state index is 0.210. The summed E-state index contributed by atoms with van der Waals surface area (Å²) < 4.78 is 37.7. The zero-order valence-electron chi connectivity index (χ0n) is 13.2. The van der Waals surface area contributed by atoms with Gasteiger partial charge >= 0.3 is 12.1 Å². The summed E-state index contributed by atoms with van der Waals surface area (Å²) in [5, 5.41) is 12.2. The van der Waals surface area contributed by atoms with E-state index in [0.717, 1.165) is 18.3 Å². The predicted octanol–water partition coefficient (Wildman–Crippen LogP) is 3.86. The van der Waals surface area contributed by atoms with Crippen LogP contribution in [-0.4, -0.2) is 16.1 Å². The molecule has 26 heavy (non-hydrogen) atoms. The molecule has 0 atom stereocenters. The smallest absolute Gasteiger partial charge is 0.416 e. The van der Waals surface area contributed by atoms with E-state index in [0.29, 0.717) is 16.8 Å². The molecule has 0 aliphatic heterocycles. The second-order valence-corrected chi connectivity index (χ2v) is 5.65. The number of carboxylic acids is 1. The van der Waals surface area contributed by atoms with Crippen molar-refractivity contribution in [3.63, 3.8) is 0 Å². The number of carboxylic acid groups (broad SMARTS) is 1. The van der Waals surface area contributed by atoms with Crippen molar-refractivity contribution in [1.29, 1.82) is 0 Å². The third-order valence-corrected chi connectivity index (χ3v) is 3.89. The molecule has 3 rings (SSSR count). The Labute approximate surface area is 145 Å². The second-order valence-electron chi connectivity index (χ2n) is 5.65. The van der Waals surface area contributed by atoms with Crippen molar-refractivity contribution < 1.29 is 23.1 Å². The third-order valence-electron chi connectivity index (χ3n) is 3.89. The van der Waals surface area contributed by atoms with Crippen LogP contribution in [-0.2, 0) is 12.7 Å². The maximum atomic E-state index is 12.6. The summed E-state index contributed by atoms with van der Waals surface area (Å²) in [6, 6.07) is 9.55. The molecule has 0 radical (unpaired) electrons. The van der Waals surface area contributed by atoms with Crippen molar-refractivity contribution in [3.8, 4) is 0 Å². The highest BCUT2D eigenvalue weighted by atomic mass is 19.4. The molecular formula is C18H13F3N2O3. The minimum Gasteiger partial charge on any atom is -0.477 e. The molecule has 1 aromatic heterocycles. The number of nitrogens with one attached hydrogen (secondary N) is 2. The Morgan fingerprint density at radius 2 is 1.81 bits per heavy atom. The molecule has 0 amide bonds. The van der Waals surface area contributed by atoms with Crippen LogP contribution in [0.25, 0.3) is 10.9 Å². The van der Waals surface area contributed by atoms with Gasteiger partial charge in [-0.25, -0.2) is 4.79 Å². The van der Waals surface area contributed by atoms with Crippen molar-refractivity contribution >= 4 is 22.6 Å². The van der Waals surface area contributed by atoms with E-state index < -0.39 is 23.1 Å². The fourth-order valence-corrected chi connectivity index (χ4v) is 2.50. The number of hydrogen-bond donors (Lipinski definition) is 3. The van der Waals surface area contributed by atoms with E-state index in [-0.39, 0.29) is 17.5 Å². The summed E-state index contributed by atoms with van der Waals surface area (Å²) in [7, 11) is 0. The van der Waals surface area contributed by atoms with Gasteiger partial charge in [0.2, 0.25) is 5.43 Å². The Morgan fingerprint density at radius 3 is 2.42 bits per heavy atom. The molecule has 0 unspecified atom stereocenters. The maximum Gasteiger partial charge on any atom is 0.416 e. The van der Waals surface area contributed by atoms with E-state index in [4.69, 9.17) is 5.11 Å².